The first-order chi connectivity index (χ1) is 17.4. The van der Waals surface area contributed by atoms with E-state index in [-0.39, 0.29) is 0 Å². The van der Waals surface area contributed by atoms with Crippen molar-refractivity contribution in [2.24, 2.45) is 0 Å². The molecule has 0 aliphatic rings. The molecule has 248 valence electrons. The van der Waals surface area contributed by atoms with Crippen LogP contribution in [-0.4, -0.2) is 83.7 Å². The molecule has 0 bridgehead atoms. The third-order valence-corrected chi connectivity index (χ3v) is 41.2. The summed E-state index contributed by atoms with van der Waals surface area (Å²) in [6.45, 7) is 40.4. The summed E-state index contributed by atoms with van der Waals surface area (Å²) in [6, 6.07) is 0. The van der Waals surface area contributed by atoms with E-state index in [0.29, 0.717) is 0 Å². The van der Waals surface area contributed by atoms with Crippen molar-refractivity contribution in [1.29, 1.82) is 0 Å². The maximum absolute atomic E-state index is 6.70. The van der Waals surface area contributed by atoms with Crippen LogP contribution in [0.1, 0.15) is 0 Å². The van der Waals surface area contributed by atoms with Gasteiger partial charge in [0.2, 0.25) is 0 Å². The summed E-state index contributed by atoms with van der Waals surface area (Å²) in [5.41, 5.74) is 0. The molecule has 41 heavy (non-hydrogen) atoms. The van der Waals surface area contributed by atoms with Gasteiger partial charge in [-0.15, -0.1) is 22.2 Å². The Morgan fingerprint density at radius 1 is 0.220 bits per heavy atom. The second-order valence-electron chi connectivity index (χ2n) is 14.8. The molecule has 0 aliphatic heterocycles. The van der Waals surface area contributed by atoms with Gasteiger partial charge < -0.3 is 37.0 Å². The van der Waals surface area contributed by atoms with Gasteiger partial charge in [-0.2, -0.15) is 0 Å². The molecule has 9 nitrogen and oxygen atoms in total. The highest BCUT2D eigenvalue weighted by Gasteiger charge is 2.50. The van der Waals surface area contributed by atoms with Crippen LogP contribution in [0.5, 0.6) is 0 Å². The number of halogens is 2. The minimum atomic E-state index is -2.66. The van der Waals surface area contributed by atoms with E-state index in [1.807, 2.05) is 131 Å². The van der Waals surface area contributed by atoms with Crippen molar-refractivity contribution in [3.8, 4) is 0 Å². The molecular weight excluding hydrogens is 736 g/mol. The normalized spacial score (nSPS) is 16.0. The zero-order valence-electron chi connectivity index (χ0n) is 29.4. The summed E-state index contributed by atoms with van der Waals surface area (Å²) < 4.78 is 58.6. The van der Waals surface area contributed by atoms with E-state index in [4.69, 9.17) is 59.2 Å². The van der Waals surface area contributed by atoms with Gasteiger partial charge in [0.25, 0.3) is 15.3 Å². The summed E-state index contributed by atoms with van der Waals surface area (Å²) in [6.07, 6.45) is 0. The summed E-state index contributed by atoms with van der Waals surface area (Å²) in [4.78, 5) is 0. The van der Waals surface area contributed by atoms with E-state index in [9.17, 15) is 0 Å². The molecule has 0 saturated heterocycles. The van der Waals surface area contributed by atoms with E-state index >= 15 is 0 Å². The van der Waals surface area contributed by atoms with Crippen molar-refractivity contribution in [3.05, 3.63) is 0 Å². The van der Waals surface area contributed by atoms with E-state index in [1.54, 1.807) is 0 Å². The van der Waals surface area contributed by atoms with Crippen molar-refractivity contribution in [2.75, 3.05) is 0 Å². The van der Waals surface area contributed by atoms with E-state index < -0.39 is 83.7 Å². The van der Waals surface area contributed by atoms with Gasteiger partial charge in [0.05, 0.1) is 0 Å². The Balaban J connectivity index is 5.43. The molecule has 0 N–H and O–H groups in total. The van der Waals surface area contributed by atoms with Crippen molar-refractivity contribution >= 4 is 106 Å². The van der Waals surface area contributed by atoms with Gasteiger partial charge in [-0.3, -0.25) is 0 Å². The third kappa shape index (κ3) is 21.7. The van der Waals surface area contributed by atoms with Crippen LogP contribution in [0.3, 0.4) is 0 Å². The highest BCUT2D eigenvalue weighted by atomic mass is 35.6. The van der Waals surface area contributed by atoms with Gasteiger partial charge in [0, 0.05) is 0 Å². The largest absolute Gasteiger partial charge is 0.425 e. The molecule has 0 unspecified atom stereocenters. The molecule has 0 aliphatic carbocycles. The molecule has 0 aromatic carbocycles. The van der Waals surface area contributed by atoms with Crippen LogP contribution in [0.25, 0.3) is 0 Å². The molecule has 0 fully saturated rings. The Kier molecular flexibility index (Phi) is 15.1. The maximum Gasteiger partial charge on any atom is 0.314 e. The van der Waals surface area contributed by atoms with Crippen LogP contribution in [0, 0.1) is 0 Å². The van der Waals surface area contributed by atoms with E-state index in [1.165, 1.54) is 0 Å². The van der Waals surface area contributed by atoms with Gasteiger partial charge in [-0.25, -0.2) is 0 Å². The lowest BCUT2D eigenvalue weighted by atomic mass is 11.9. The summed E-state index contributed by atoms with van der Waals surface area (Å²) in [5, 5.41) is 0. The predicted octanol–water partition coefficient (Wildman–Crippen LogP) is 8.63. The van der Waals surface area contributed by atoms with Crippen molar-refractivity contribution in [2.45, 2.75) is 131 Å². The minimum Gasteiger partial charge on any atom is -0.425 e. The number of rotatable bonds is 18. The zero-order chi connectivity index (χ0) is 33.4. The minimum absolute atomic E-state index is 1.95. The SMILES string of the molecule is C[Si](C)(Cl)O[Si](C)(C)O[Si](C)(C)O[Si](C)(C)O[Si](C)(C)O[Si](C)(C)O[Si](C)(C)O[Si](C)(C)O[Si](C)(C)O[Si](C)(C)Cl. The lowest BCUT2D eigenvalue weighted by Gasteiger charge is -2.44. The van der Waals surface area contributed by atoms with Crippen LogP contribution in [0.15, 0.2) is 0 Å². The van der Waals surface area contributed by atoms with Gasteiger partial charge in [-0.1, -0.05) is 0 Å². The Labute approximate surface area is 272 Å². The first kappa shape index (κ1) is 43.4. The molecule has 0 heterocycles. The summed E-state index contributed by atoms with van der Waals surface area (Å²) in [5.74, 6) is 0. The quantitative estimate of drug-likeness (QED) is 0.100. The molecule has 21 heteroatoms. The monoisotopic (exact) mass is 794 g/mol. The average molecular weight is 796 g/mol. The summed E-state index contributed by atoms with van der Waals surface area (Å²) >= 11 is 12.9. The highest BCUT2D eigenvalue weighted by Crippen LogP contribution is 2.31. The second-order valence-corrected chi connectivity index (χ2v) is 55.5. The third-order valence-electron chi connectivity index (χ3n) is 4.42. The van der Waals surface area contributed by atoms with Gasteiger partial charge in [0.15, 0.2) is 0 Å². The zero-order valence-corrected chi connectivity index (χ0v) is 40.9. The lowest BCUT2D eigenvalue weighted by molar-refractivity contribution is 0.258. The molecule has 0 spiro atoms. The lowest BCUT2D eigenvalue weighted by Crippen LogP contribution is -2.62. The summed E-state index contributed by atoms with van der Waals surface area (Å²) in [7, 11) is -25.2. The molecule has 0 rings (SSSR count). The molecule has 0 aromatic heterocycles. The van der Waals surface area contributed by atoms with Crippen molar-refractivity contribution in [3.63, 3.8) is 0 Å². The van der Waals surface area contributed by atoms with Crippen LogP contribution in [0.4, 0.5) is 0 Å². The van der Waals surface area contributed by atoms with Crippen molar-refractivity contribution in [1.82, 2.24) is 0 Å². The van der Waals surface area contributed by atoms with Gasteiger partial charge >= 0.3 is 68.5 Å². The molecule has 0 radical (unpaired) electrons. The molecule has 0 atom stereocenters. The van der Waals surface area contributed by atoms with Gasteiger partial charge in [-0.05, 0) is 131 Å². The van der Waals surface area contributed by atoms with Crippen LogP contribution >= 0.6 is 22.2 Å². The first-order valence-corrected chi connectivity index (χ1v) is 44.4. The molecule has 0 saturated carbocycles. The van der Waals surface area contributed by atoms with E-state index in [2.05, 4.69) is 0 Å². The molecule has 0 aromatic rings. The standard InChI is InChI=1S/C20H60Cl2O9Si10/c1-32(2,21)23-34(5,6)25-36(9,10)27-38(13,14)29-40(17,18)31-41(19,20)30-39(15,16)28-37(11,12)26-35(7,8)24-33(3,4)22/h1-20H3. The second kappa shape index (κ2) is 14.2. The highest BCUT2D eigenvalue weighted by molar-refractivity contribution is 7.18. The maximum atomic E-state index is 6.70. The predicted molar refractivity (Wildman–Crippen MR) is 196 cm³/mol. The Morgan fingerprint density at radius 3 is 0.415 bits per heavy atom. The fourth-order valence-electron chi connectivity index (χ4n) is 5.48. The van der Waals surface area contributed by atoms with E-state index in [0.717, 1.165) is 0 Å². The smallest absolute Gasteiger partial charge is 0.314 e. The fourth-order valence-corrected chi connectivity index (χ4v) is 55.7. The van der Waals surface area contributed by atoms with Crippen LogP contribution < -0.4 is 0 Å². The first-order valence-electron chi connectivity index (χ1n) is 14.1. The van der Waals surface area contributed by atoms with Gasteiger partial charge in [0.1, 0.15) is 0 Å². The Morgan fingerprint density at radius 2 is 0.317 bits per heavy atom. The van der Waals surface area contributed by atoms with Crippen molar-refractivity contribution < 1.29 is 37.0 Å². The Bertz CT molecular complexity index is 793. The molecular formula is C20H60Cl2O9Si10. The fraction of sp³-hybridized carbons (Fsp3) is 1.00. The topological polar surface area (TPSA) is 83.1 Å². The average Bonchev–Trinajstić information content (AvgIpc) is 2.37. The van der Waals surface area contributed by atoms with Crippen LogP contribution in [0.2, 0.25) is 131 Å². The van der Waals surface area contributed by atoms with Crippen LogP contribution in [-0.2, 0) is 37.0 Å². The number of hydrogen-bond donors (Lipinski definition) is 0. The Hall–Kier alpha value is 2.39. The number of hydrogen-bond acceptors (Lipinski definition) is 9. The molecule has 0 amide bonds.